The van der Waals surface area contributed by atoms with E-state index < -0.39 is 27.7 Å². The Labute approximate surface area is 235 Å². The third-order valence-corrected chi connectivity index (χ3v) is 9.32. The standard InChI is InChI=1S/C31H26F3N3O3S/c1-18-27(26-9-5-6-16-37(26)2)22-7-3-4-8-23(22)28(18)29-24-17-21(14-15-25(24)35-30(29)38)41(39,40)36-20-12-10-19(11-13-20)31(32,33)34/h3-17,26,28-29,36H,1-2H3,(H,35,38). The molecule has 3 atom stereocenters. The van der Waals surface area contributed by atoms with Crippen molar-refractivity contribution in [3.63, 3.8) is 0 Å². The number of alkyl halides is 3. The number of nitrogens with zero attached hydrogens (tertiary/aromatic N) is 1. The molecule has 3 aromatic carbocycles. The van der Waals surface area contributed by atoms with Gasteiger partial charge in [0.2, 0.25) is 5.91 Å². The first-order chi connectivity index (χ1) is 19.5. The lowest BCUT2D eigenvalue weighted by Crippen LogP contribution is -2.28. The van der Waals surface area contributed by atoms with Gasteiger partial charge in [0.25, 0.3) is 10.0 Å². The van der Waals surface area contributed by atoms with E-state index in [2.05, 4.69) is 27.1 Å². The lowest BCUT2D eigenvalue weighted by Gasteiger charge is -2.29. The van der Waals surface area contributed by atoms with Gasteiger partial charge in [0, 0.05) is 24.3 Å². The van der Waals surface area contributed by atoms with Crippen LogP contribution in [0.4, 0.5) is 24.5 Å². The Hall–Kier alpha value is -4.31. The first-order valence-corrected chi connectivity index (χ1v) is 14.5. The van der Waals surface area contributed by atoms with Crippen LogP contribution in [0.1, 0.15) is 41.0 Å². The highest BCUT2D eigenvalue weighted by molar-refractivity contribution is 7.92. The van der Waals surface area contributed by atoms with Crippen molar-refractivity contribution in [1.82, 2.24) is 4.90 Å². The maximum Gasteiger partial charge on any atom is 0.416 e. The maximum absolute atomic E-state index is 13.5. The van der Waals surface area contributed by atoms with Crippen molar-refractivity contribution in [2.75, 3.05) is 17.1 Å². The summed E-state index contributed by atoms with van der Waals surface area (Å²) in [6.07, 6.45) is 3.54. The number of benzene rings is 3. The van der Waals surface area contributed by atoms with Crippen molar-refractivity contribution < 1.29 is 26.4 Å². The van der Waals surface area contributed by atoms with E-state index in [4.69, 9.17) is 0 Å². The van der Waals surface area contributed by atoms with E-state index in [1.807, 2.05) is 50.5 Å². The zero-order chi connectivity index (χ0) is 29.1. The van der Waals surface area contributed by atoms with Gasteiger partial charge < -0.3 is 10.2 Å². The van der Waals surface area contributed by atoms with E-state index in [0.29, 0.717) is 11.3 Å². The second-order valence-corrected chi connectivity index (χ2v) is 12.1. The van der Waals surface area contributed by atoms with Crippen LogP contribution in [0.3, 0.4) is 0 Å². The minimum atomic E-state index is -4.53. The van der Waals surface area contributed by atoms with Gasteiger partial charge in [-0.1, -0.05) is 42.0 Å². The minimum Gasteiger partial charge on any atom is -0.370 e. The molecule has 0 aromatic heterocycles. The normalized spacial score (nSPS) is 21.6. The molecule has 2 N–H and O–H groups in total. The molecule has 2 heterocycles. The van der Waals surface area contributed by atoms with Crippen LogP contribution < -0.4 is 10.0 Å². The molecule has 0 saturated heterocycles. The molecule has 3 aliphatic rings. The van der Waals surface area contributed by atoms with Crippen LogP contribution >= 0.6 is 0 Å². The number of nitrogens with one attached hydrogen (secondary N) is 2. The smallest absolute Gasteiger partial charge is 0.370 e. The van der Waals surface area contributed by atoms with Crippen molar-refractivity contribution in [3.8, 4) is 0 Å². The monoisotopic (exact) mass is 577 g/mol. The zero-order valence-corrected chi connectivity index (χ0v) is 22.9. The highest BCUT2D eigenvalue weighted by atomic mass is 32.2. The fourth-order valence-corrected chi connectivity index (χ4v) is 7.13. The quantitative estimate of drug-likeness (QED) is 0.363. The van der Waals surface area contributed by atoms with Gasteiger partial charge >= 0.3 is 6.18 Å². The number of anilines is 2. The molecule has 1 aliphatic carbocycles. The molecule has 0 saturated carbocycles. The highest BCUT2D eigenvalue weighted by Gasteiger charge is 2.44. The summed E-state index contributed by atoms with van der Waals surface area (Å²) in [5, 5.41) is 2.91. The molecule has 3 unspecified atom stereocenters. The summed E-state index contributed by atoms with van der Waals surface area (Å²) in [6, 6.07) is 16.1. The van der Waals surface area contributed by atoms with Crippen molar-refractivity contribution in [2.45, 2.75) is 35.9 Å². The van der Waals surface area contributed by atoms with Gasteiger partial charge in [-0.05, 0) is 83.9 Å². The number of hydrogen-bond donors (Lipinski definition) is 2. The number of allylic oxidation sites excluding steroid dienone is 3. The molecule has 6 nitrogen and oxygen atoms in total. The summed E-state index contributed by atoms with van der Waals surface area (Å²) in [7, 11) is -2.16. The van der Waals surface area contributed by atoms with Crippen molar-refractivity contribution >= 4 is 32.9 Å². The van der Waals surface area contributed by atoms with Crippen molar-refractivity contribution in [3.05, 3.63) is 119 Å². The predicted molar refractivity (Wildman–Crippen MR) is 152 cm³/mol. The third kappa shape index (κ3) is 4.61. The topological polar surface area (TPSA) is 78.5 Å². The molecule has 210 valence electrons. The minimum absolute atomic E-state index is 0.00361. The summed E-state index contributed by atoms with van der Waals surface area (Å²) < 4.78 is 67.7. The highest BCUT2D eigenvalue weighted by Crippen LogP contribution is 2.53. The van der Waals surface area contributed by atoms with Crippen LogP contribution in [0.15, 0.2) is 102 Å². The maximum atomic E-state index is 13.5. The Morgan fingerprint density at radius 2 is 1.66 bits per heavy atom. The van der Waals surface area contributed by atoms with Gasteiger partial charge in [-0.25, -0.2) is 8.42 Å². The number of sulfonamides is 1. The van der Waals surface area contributed by atoms with Gasteiger partial charge in [0.15, 0.2) is 0 Å². The fourth-order valence-electron chi connectivity index (χ4n) is 6.04. The summed E-state index contributed by atoms with van der Waals surface area (Å²) >= 11 is 0. The molecule has 10 heteroatoms. The van der Waals surface area contributed by atoms with E-state index >= 15 is 0 Å². The van der Waals surface area contributed by atoms with Gasteiger partial charge in [-0.2, -0.15) is 13.2 Å². The van der Waals surface area contributed by atoms with Crippen molar-refractivity contribution in [1.29, 1.82) is 0 Å². The predicted octanol–water partition coefficient (Wildman–Crippen LogP) is 6.50. The Balaban J connectivity index is 1.38. The molecule has 2 aliphatic heterocycles. The Morgan fingerprint density at radius 3 is 2.37 bits per heavy atom. The van der Waals surface area contributed by atoms with E-state index in [9.17, 15) is 26.4 Å². The first kappa shape index (κ1) is 26.9. The van der Waals surface area contributed by atoms with E-state index in [-0.39, 0.29) is 28.4 Å². The Kier molecular flexibility index (Phi) is 6.33. The molecule has 0 spiro atoms. The van der Waals surface area contributed by atoms with Crippen LogP contribution in [0, 0.1) is 0 Å². The molecule has 6 rings (SSSR count). The van der Waals surface area contributed by atoms with Crippen LogP contribution in [0.2, 0.25) is 0 Å². The largest absolute Gasteiger partial charge is 0.416 e. The van der Waals surface area contributed by atoms with E-state index in [1.165, 1.54) is 12.1 Å². The van der Waals surface area contributed by atoms with E-state index in [0.717, 1.165) is 46.5 Å². The number of carbonyl (C=O) groups is 1. The number of likely N-dealkylation sites (N-methyl/N-ethyl adjacent to an activating group) is 1. The molecular formula is C31H26F3N3O3S. The average molecular weight is 578 g/mol. The lowest BCUT2D eigenvalue weighted by atomic mass is 9.80. The summed E-state index contributed by atoms with van der Waals surface area (Å²) in [4.78, 5) is 15.5. The number of halogens is 3. The fraction of sp³-hybridized carbons (Fsp3) is 0.194. The molecule has 41 heavy (non-hydrogen) atoms. The number of fused-ring (bicyclic) bond motifs is 2. The van der Waals surface area contributed by atoms with Gasteiger partial charge in [-0.15, -0.1) is 0 Å². The summed E-state index contributed by atoms with van der Waals surface area (Å²) in [5.41, 5.74) is 4.41. The average Bonchev–Trinajstić information content (AvgIpc) is 3.40. The van der Waals surface area contributed by atoms with Gasteiger partial charge in [0.05, 0.1) is 22.4 Å². The summed E-state index contributed by atoms with van der Waals surface area (Å²) in [5.74, 6) is -1.20. The van der Waals surface area contributed by atoms with Crippen LogP contribution in [-0.4, -0.2) is 32.3 Å². The molecule has 1 amide bonds. The second-order valence-electron chi connectivity index (χ2n) is 10.4. The Morgan fingerprint density at radius 1 is 0.927 bits per heavy atom. The van der Waals surface area contributed by atoms with Gasteiger partial charge in [0.1, 0.15) is 0 Å². The molecule has 0 fully saturated rings. The molecular weight excluding hydrogens is 551 g/mol. The number of amides is 1. The third-order valence-electron chi connectivity index (χ3n) is 7.94. The van der Waals surface area contributed by atoms with Crippen LogP contribution in [0.5, 0.6) is 0 Å². The molecule has 3 aromatic rings. The first-order valence-electron chi connectivity index (χ1n) is 13.0. The molecule has 0 bridgehead atoms. The van der Waals surface area contributed by atoms with Gasteiger partial charge in [-0.3, -0.25) is 9.52 Å². The SMILES string of the molecule is CC1=C(C2C=CC=CN2C)c2ccccc2C1C1C(=O)Nc2ccc(S(=O)(=O)Nc3ccc(C(F)(F)F)cc3)cc21. The number of carbonyl (C=O) groups excluding carboxylic acids is 1. The summed E-state index contributed by atoms with van der Waals surface area (Å²) in [6.45, 7) is 2.03. The lowest BCUT2D eigenvalue weighted by molar-refractivity contribution is -0.137. The second kappa shape index (κ2) is 9.66. The zero-order valence-electron chi connectivity index (χ0n) is 22.1. The van der Waals surface area contributed by atoms with Crippen LogP contribution in [-0.2, 0) is 21.0 Å². The van der Waals surface area contributed by atoms with Crippen LogP contribution in [0.25, 0.3) is 5.57 Å². The Bertz CT molecular complexity index is 1760. The number of rotatable bonds is 5. The van der Waals surface area contributed by atoms with E-state index in [1.54, 1.807) is 6.07 Å². The van der Waals surface area contributed by atoms with Crippen molar-refractivity contribution in [2.24, 2.45) is 0 Å². The molecule has 0 radical (unpaired) electrons. The number of hydrogen-bond acceptors (Lipinski definition) is 4.